The van der Waals surface area contributed by atoms with Crippen molar-refractivity contribution in [1.82, 2.24) is 14.5 Å². The lowest BCUT2D eigenvalue weighted by Crippen LogP contribution is -2.26. The third kappa shape index (κ3) is 4.19. The summed E-state index contributed by atoms with van der Waals surface area (Å²) < 4.78 is 33.4. The number of nitrogens with two attached hydrogens (primary N) is 1. The van der Waals surface area contributed by atoms with Gasteiger partial charge in [0.2, 0.25) is 10.0 Å². The van der Waals surface area contributed by atoms with E-state index in [-0.39, 0.29) is 10.7 Å². The summed E-state index contributed by atoms with van der Waals surface area (Å²) in [7, 11) is -1.95. The average molecular weight is 290 g/mol. The lowest BCUT2D eigenvalue weighted by molar-refractivity contribution is 0.133. The van der Waals surface area contributed by atoms with Gasteiger partial charge in [0.05, 0.1) is 5.69 Å². The number of sulfonamides is 1. The molecule has 0 aliphatic carbocycles. The first-order chi connectivity index (χ1) is 8.90. The highest BCUT2D eigenvalue weighted by Crippen LogP contribution is 2.20. The smallest absolute Gasteiger partial charge is 0.246 e. The minimum atomic E-state index is -3.61. The fourth-order valence-electron chi connectivity index (χ4n) is 1.65. The number of nitrogens with zero attached hydrogens (tertiary/aromatic N) is 2. The molecule has 0 amide bonds. The summed E-state index contributed by atoms with van der Waals surface area (Å²) in [5.41, 5.74) is 6.14. The molecule has 0 fully saturated rings. The van der Waals surface area contributed by atoms with Crippen molar-refractivity contribution in [3.63, 3.8) is 0 Å². The van der Waals surface area contributed by atoms with E-state index in [9.17, 15) is 8.42 Å². The van der Waals surface area contributed by atoms with E-state index in [2.05, 4.69) is 9.82 Å². The van der Waals surface area contributed by atoms with Gasteiger partial charge in [0.25, 0.3) is 0 Å². The van der Waals surface area contributed by atoms with Crippen molar-refractivity contribution in [2.45, 2.75) is 31.6 Å². The molecule has 1 aromatic heterocycles. The molecule has 19 heavy (non-hydrogen) atoms. The zero-order valence-electron chi connectivity index (χ0n) is 11.6. The average Bonchev–Trinajstić information content (AvgIpc) is 2.58. The lowest BCUT2D eigenvalue weighted by Gasteiger charge is -2.07. The van der Waals surface area contributed by atoms with Crippen LogP contribution in [0.5, 0.6) is 0 Å². The van der Waals surface area contributed by atoms with E-state index in [4.69, 9.17) is 10.5 Å². The molecular weight excluding hydrogens is 268 g/mol. The van der Waals surface area contributed by atoms with Crippen LogP contribution in [-0.2, 0) is 21.8 Å². The number of aromatic nitrogens is 2. The zero-order valence-corrected chi connectivity index (χ0v) is 12.5. The molecule has 0 saturated heterocycles. The van der Waals surface area contributed by atoms with Crippen LogP contribution in [0.3, 0.4) is 0 Å². The second-order valence-electron chi connectivity index (χ2n) is 4.29. The molecule has 0 aliphatic heterocycles. The van der Waals surface area contributed by atoms with Gasteiger partial charge in [-0.1, -0.05) is 6.92 Å². The Hall–Kier alpha value is -1.12. The largest absolute Gasteiger partial charge is 0.381 e. The van der Waals surface area contributed by atoms with E-state index >= 15 is 0 Å². The molecule has 0 unspecified atom stereocenters. The number of hydrogen-bond donors (Lipinski definition) is 2. The number of nitrogen functional groups attached to an aromatic ring is 1. The summed E-state index contributed by atoms with van der Waals surface area (Å²) in [5.74, 6) is 0.0229. The summed E-state index contributed by atoms with van der Waals surface area (Å²) >= 11 is 0. The topological polar surface area (TPSA) is 99.2 Å². The highest BCUT2D eigenvalue weighted by molar-refractivity contribution is 7.89. The fourth-order valence-corrected chi connectivity index (χ4v) is 3.04. The molecule has 0 spiro atoms. The Morgan fingerprint density at radius 3 is 2.63 bits per heavy atom. The van der Waals surface area contributed by atoms with Gasteiger partial charge in [0.15, 0.2) is 5.82 Å². The van der Waals surface area contributed by atoms with E-state index in [1.165, 1.54) is 4.68 Å². The number of aryl methyl sites for hydroxylation is 1. The normalized spacial score (nSPS) is 11.9. The van der Waals surface area contributed by atoms with Crippen molar-refractivity contribution in [2.24, 2.45) is 7.05 Å². The monoisotopic (exact) mass is 290 g/mol. The van der Waals surface area contributed by atoms with Gasteiger partial charge >= 0.3 is 0 Å². The van der Waals surface area contributed by atoms with Crippen LogP contribution in [0.2, 0.25) is 0 Å². The second kappa shape index (κ2) is 6.88. The summed E-state index contributed by atoms with van der Waals surface area (Å²) in [6, 6.07) is 0. The van der Waals surface area contributed by atoms with Gasteiger partial charge < -0.3 is 10.5 Å². The summed E-state index contributed by atoms with van der Waals surface area (Å²) in [6.07, 6.45) is 1.58. The fraction of sp³-hybridized carbons (Fsp3) is 0.727. The Labute approximate surface area is 114 Å². The highest BCUT2D eigenvalue weighted by Gasteiger charge is 2.23. The van der Waals surface area contributed by atoms with E-state index < -0.39 is 10.0 Å². The van der Waals surface area contributed by atoms with Gasteiger partial charge in [-0.05, 0) is 19.8 Å². The number of ether oxygens (including phenoxy) is 1. The summed E-state index contributed by atoms with van der Waals surface area (Å²) in [5, 5.41) is 3.90. The maximum Gasteiger partial charge on any atom is 0.246 e. The third-order valence-corrected chi connectivity index (χ3v) is 4.31. The van der Waals surface area contributed by atoms with Crippen LogP contribution in [-0.4, -0.2) is 38.0 Å². The SMILES string of the molecule is CCCOCCCNS(=O)(=O)c1c(N)nn(C)c1C. The van der Waals surface area contributed by atoms with Gasteiger partial charge in [-0.25, -0.2) is 13.1 Å². The number of rotatable bonds is 8. The summed E-state index contributed by atoms with van der Waals surface area (Å²) in [4.78, 5) is 0.0597. The quantitative estimate of drug-likeness (QED) is 0.675. The molecule has 0 atom stereocenters. The molecule has 1 aromatic rings. The van der Waals surface area contributed by atoms with Crippen LogP contribution in [0.15, 0.2) is 4.90 Å². The Bertz CT molecular complexity index is 510. The van der Waals surface area contributed by atoms with Crippen LogP contribution in [0, 0.1) is 6.92 Å². The third-order valence-electron chi connectivity index (χ3n) is 2.68. The van der Waals surface area contributed by atoms with E-state index in [0.29, 0.717) is 31.9 Å². The van der Waals surface area contributed by atoms with E-state index in [0.717, 1.165) is 6.42 Å². The summed E-state index contributed by atoms with van der Waals surface area (Å²) in [6.45, 7) is 5.25. The van der Waals surface area contributed by atoms with Crippen molar-refractivity contribution in [3.05, 3.63) is 5.69 Å². The van der Waals surface area contributed by atoms with E-state index in [1.54, 1.807) is 14.0 Å². The molecule has 1 heterocycles. The predicted octanol–water partition coefficient (Wildman–Crippen LogP) is 0.406. The van der Waals surface area contributed by atoms with Crippen molar-refractivity contribution < 1.29 is 13.2 Å². The van der Waals surface area contributed by atoms with Gasteiger partial charge in [-0.2, -0.15) is 5.10 Å². The molecule has 7 nitrogen and oxygen atoms in total. The molecule has 8 heteroatoms. The first-order valence-corrected chi connectivity index (χ1v) is 7.75. The van der Waals surface area contributed by atoms with Crippen LogP contribution >= 0.6 is 0 Å². The Kier molecular flexibility index (Phi) is 5.77. The Balaban J connectivity index is 2.57. The number of hydrogen-bond acceptors (Lipinski definition) is 5. The Morgan fingerprint density at radius 2 is 2.11 bits per heavy atom. The number of anilines is 1. The molecular formula is C11H22N4O3S. The predicted molar refractivity (Wildman–Crippen MR) is 73.3 cm³/mol. The number of nitrogens with one attached hydrogen (secondary N) is 1. The van der Waals surface area contributed by atoms with Crippen molar-refractivity contribution in [3.8, 4) is 0 Å². The molecule has 3 N–H and O–H groups in total. The molecule has 0 radical (unpaired) electrons. The standard InChI is InChI=1S/C11H22N4O3S/c1-4-7-18-8-5-6-13-19(16,17)10-9(2)15(3)14-11(10)12/h13H,4-8H2,1-3H3,(H2,12,14). The minimum Gasteiger partial charge on any atom is -0.381 e. The molecule has 0 aromatic carbocycles. The zero-order chi connectivity index (χ0) is 14.5. The van der Waals surface area contributed by atoms with Gasteiger partial charge in [-0.15, -0.1) is 0 Å². The van der Waals surface area contributed by atoms with E-state index in [1.807, 2.05) is 6.92 Å². The second-order valence-corrected chi connectivity index (χ2v) is 5.99. The molecule has 110 valence electrons. The van der Waals surface area contributed by atoms with Crippen molar-refractivity contribution in [1.29, 1.82) is 0 Å². The Morgan fingerprint density at radius 1 is 1.42 bits per heavy atom. The molecule has 0 aliphatic rings. The van der Waals surface area contributed by atoms with Gasteiger partial charge in [0, 0.05) is 26.8 Å². The van der Waals surface area contributed by atoms with Crippen LogP contribution in [0.25, 0.3) is 0 Å². The molecule has 1 rings (SSSR count). The van der Waals surface area contributed by atoms with Gasteiger partial charge in [-0.3, -0.25) is 4.68 Å². The van der Waals surface area contributed by atoms with Crippen LogP contribution < -0.4 is 10.5 Å². The maximum atomic E-state index is 12.1. The van der Waals surface area contributed by atoms with Crippen LogP contribution in [0.4, 0.5) is 5.82 Å². The van der Waals surface area contributed by atoms with Crippen LogP contribution in [0.1, 0.15) is 25.5 Å². The lowest BCUT2D eigenvalue weighted by atomic mass is 10.4. The molecule has 0 saturated carbocycles. The maximum absolute atomic E-state index is 12.1. The first-order valence-electron chi connectivity index (χ1n) is 6.26. The van der Waals surface area contributed by atoms with Gasteiger partial charge in [0.1, 0.15) is 4.90 Å². The van der Waals surface area contributed by atoms with Crippen molar-refractivity contribution >= 4 is 15.8 Å². The van der Waals surface area contributed by atoms with Crippen molar-refractivity contribution in [2.75, 3.05) is 25.5 Å². The minimum absolute atomic E-state index is 0.0229. The highest BCUT2D eigenvalue weighted by atomic mass is 32.2. The first kappa shape index (κ1) is 15.9. The molecule has 0 bridgehead atoms.